The number of hydrogen-bond donors (Lipinski definition) is 2. The van der Waals surface area contributed by atoms with Gasteiger partial charge >= 0.3 is 12.3 Å². The summed E-state index contributed by atoms with van der Waals surface area (Å²) in [5.41, 5.74) is 2.22. The average Bonchev–Trinajstić information content (AvgIpc) is 2.78. The van der Waals surface area contributed by atoms with E-state index in [0.717, 1.165) is 17.8 Å². The van der Waals surface area contributed by atoms with Crippen molar-refractivity contribution in [2.24, 2.45) is 0 Å². The third kappa shape index (κ3) is 3.37. The van der Waals surface area contributed by atoms with E-state index in [4.69, 9.17) is 0 Å². The van der Waals surface area contributed by atoms with Crippen molar-refractivity contribution in [2.45, 2.75) is 24.7 Å². The molecule has 0 radical (unpaired) electrons. The van der Waals surface area contributed by atoms with Gasteiger partial charge in [0, 0.05) is 18.2 Å². The summed E-state index contributed by atoms with van der Waals surface area (Å²) in [5, 5.41) is 5.64. The molecular weight excluding hydrogens is 260 g/mol. The van der Waals surface area contributed by atoms with E-state index >= 15 is 0 Å². The Morgan fingerprint density at radius 3 is 2.79 bits per heavy atom. The van der Waals surface area contributed by atoms with Gasteiger partial charge in [0.25, 0.3) is 0 Å². The molecule has 1 heterocycles. The summed E-state index contributed by atoms with van der Waals surface area (Å²) in [4.78, 5) is 0. The van der Waals surface area contributed by atoms with Crippen LogP contribution in [-0.4, -0.2) is 32.0 Å². The van der Waals surface area contributed by atoms with Crippen LogP contribution in [0.2, 0.25) is 0 Å². The fourth-order valence-electron chi connectivity index (χ4n) is 2.22. The topological polar surface area (TPSA) is 24.1 Å². The molecule has 6 heteroatoms. The summed E-state index contributed by atoms with van der Waals surface area (Å²) in [7, 11) is 0. The Morgan fingerprint density at radius 2 is 2.05 bits per heavy atom. The molecule has 1 aromatic carbocycles. The smallest absolute Gasteiger partial charge is 0.319 e. The van der Waals surface area contributed by atoms with Gasteiger partial charge in [0.05, 0.1) is 6.54 Å². The van der Waals surface area contributed by atoms with Crippen LogP contribution in [0.4, 0.5) is 23.2 Å². The largest absolute Gasteiger partial charge is 0.384 e. The van der Waals surface area contributed by atoms with Crippen LogP contribution in [0.25, 0.3) is 0 Å². The fourth-order valence-corrected chi connectivity index (χ4v) is 2.22. The van der Waals surface area contributed by atoms with E-state index in [-0.39, 0.29) is 5.92 Å². The standard InChI is InChI=1S/C13H16F4N2/c14-12(15)13(16,17)8-18-6-5-9-7-19-11-4-2-1-3-10(9)11/h1-4,9,12,18-19H,5-8H2. The molecule has 2 rings (SSSR count). The lowest BCUT2D eigenvalue weighted by molar-refractivity contribution is -0.125. The van der Waals surface area contributed by atoms with Crippen LogP contribution in [0.3, 0.4) is 0 Å². The molecule has 0 aromatic heterocycles. The Morgan fingerprint density at radius 1 is 1.32 bits per heavy atom. The number of anilines is 1. The summed E-state index contributed by atoms with van der Waals surface area (Å²) >= 11 is 0. The van der Waals surface area contributed by atoms with Crippen LogP contribution in [0, 0.1) is 0 Å². The van der Waals surface area contributed by atoms with Gasteiger partial charge in [-0.3, -0.25) is 0 Å². The number of hydrogen-bond acceptors (Lipinski definition) is 2. The number of benzene rings is 1. The molecule has 19 heavy (non-hydrogen) atoms. The summed E-state index contributed by atoms with van der Waals surface area (Å²) in [6.07, 6.45) is -2.97. The first-order valence-electron chi connectivity index (χ1n) is 6.20. The van der Waals surface area contributed by atoms with E-state index < -0.39 is 18.9 Å². The van der Waals surface area contributed by atoms with Crippen LogP contribution in [0.1, 0.15) is 17.9 Å². The Bertz CT molecular complexity index is 423. The second kappa shape index (κ2) is 5.77. The van der Waals surface area contributed by atoms with Gasteiger partial charge in [-0.05, 0) is 24.6 Å². The Balaban J connectivity index is 1.76. The molecule has 1 atom stereocenters. The molecular formula is C13H16F4N2. The molecule has 1 aromatic rings. The van der Waals surface area contributed by atoms with Crippen LogP contribution in [0.15, 0.2) is 24.3 Å². The third-order valence-corrected chi connectivity index (χ3v) is 3.29. The molecule has 1 aliphatic heterocycles. The minimum Gasteiger partial charge on any atom is -0.384 e. The number of nitrogens with one attached hydrogen (secondary N) is 2. The molecule has 0 fully saturated rings. The molecule has 0 aliphatic carbocycles. The lowest BCUT2D eigenvalue weighted by atomic mass is 9.98. The van der Waals surface area contributed by atoms with E-state index in [9.17, 15) is 17.6 Å². The fraction of sp³-hybridized carbons (Fsp3) is 0.538. The van der Waals surface area contributed by atoms with Crippen molar-refractivity contribution in [1.29, 1.82) is 0 Å². The van der Waals surface area contributed by atoms with Crippen molar-refractivity contribution in [3.8, 4) is 0 Å². The zero-order chi connectivity index (χ0) is 13.9. The minimum absolute atomic E-state index is 0.240. The Labute approximate surface area is 109 Å². The molecule has 106 valence electrons. The van der Waals surface area contributed by atoms with Crippen LogP contribution in [-0.2, 0) is 0 Å². The predicted octanol–water partition coefficient (Wildman–Crippen LogP) is 3.08. The zero-order valence-electron chi connectivity index (χ0n) is 10.3. The van der Waals surface area contributed by atoms with E-state index in [0.29, 0.717) is 13.0 Å². The van der Waals surface area contributed by atoms with Gasteiger partial charge in [-0.2, -0.15) is 8.78 Å². The highest BCUT2D eigenvalue weighted by molar-refractivity contribution is 5.57. The molecule has 2 nitrogen and oxygen atoms in total. The van der Waals surface area contributed by atoms with Crippen molar-refractivity contribution in [3.05, 3.63) is 29.8 Å². The maximum Gasteiger partial charge on any atom is 0.319 e. The average molecular weight is 276 g/mol. The summed E-state index contributed by atoms with van der Waals surface area (Å²) < 4.78 is 49.2. The highest BCUT2D eigenvalue weighted by Gasteiger charge is 2.40. The van der Waals surface area contributed by atoms with Crippen molar-refractivity contribution in [2.75, 3.05) is 25.0 Å². The lowest BCUT2D eigenvalue weighted by Gasteiger charge is -2.17. The predicted molar refractivity (Wildman–Crippen MR) is 66.1 cm³/mol. The quantitative estimate of drug-likeness (QED) is 0.616. The number of rotatable bonds is 6. The first kappa shape index (κ1) is 14.1. The lowest BCUT2D eigenvalue weighted by Crippen LogP contribution is -2.39. The SMILES string of the molecule is FC(F)C(F)(F)CNCCC1CNc2ccccc21. The minimum atomic E-state index is -3.95. The molecule has 1 aliphatic rings. The second-order valence-electron chi connectivity index (χ2n) is 4.69. The highest BCUT2D eigenvalue weighted by atomic mass is 19.3. The molecule has 2 N–H and O–H groups in total. The number of alkyl halides is 4. The van der Waals surface area contributed by atoms with Gasteiger partial charge in [-0.1, -0.05) is 18.2 Å². The number of para-hydroxylation sites is 1. The van der Waals surface area contributed by atoms with Gasteiger partial charge < -0.3 is 10.6 Å². The van der Waals surface area contributed by atoms with Crippen molar-refractivity contribution in [3.63, 3.8) is 0 Å². The number of halogens is 4. The van der Waals surface area contributed by atoms with Crippen LogP contribution >= 0.6 is 0 Å². The van der Waals surface area contributed by atoms with Gasteiger partial charge in [0.2, 0.25) is 0 Å². The van der Waals surface area contributed by atoms with Crippen molar-refractivity contribution in [1.82, 2.24) is 5.32 Å². The van der Waals surface area contributed by atoms with E-state index in [2.05, 4.69) is 10.6 Å². The summed E-state index contributed by atoms with van der Waals surface area (Å²) in [6, 6.07) is 7.81. The maximum atomic E-state index is 12.7. The van der Waals surface area contributed by atoms with E-state index in [1.807, 2.05) is 24.3 Å². The summed E-state index contributed by atoms with van der Waals surface area (Å²) in [5.74, 6) is -3.71. The van der Waals surface area contributed by atoms with Gasteiger partial charge in [0.15, 0.2) is 0 Å². The van der Waals surface area contributed by atoms with Gasteiger partial charge in [-0.25, -0.2) is 8.78 Å². The first-order chi connectivity index (χ1) is 9.00. The Kier molecular flexibility index (Phi) is 4.29. The zero-order valence-corrected chi connectivity index (χ0v) is 10.3. The number of fused-ring (bicyclic) bond motifs is 1. The molecule has 0 amide bonds. The second-order valence-corrected chi connectivity index (χ2v) is 4.69. The van der Waals surface area contributed by atoms with Crippen molar-refractivity contribution < 1.29 is 17.6 Å². The summed E-state index contributed by atoms with van der Waals surface area (Å²) in [6.45, 7) is 0.0712. The van der Waals surface area contributed by atoms with Crippen LogP contribution < -0.4 is 10.6 Å². The third-order valence-electron chi connectivity index (χ3n) is 3.29. The molecule has 0 bridgehead atoms. The van der Waals surface area contributed by atoms with E-state index in [1.54, 1.807) is 0 Å². The molecule has 1 unspecified atom stereocenters. The first-order valence-corrected chi connectivity index (χ1v) is 6.20. The Hall–Kier alpha value is -1.30. The van der Waals surface area contributed by atoms with E-state index in [1.165, 1.54) is 0 Å². The highest BCUT2D eigenvalue weighted by Crippen LogP contribution is 2.32. The maximum absolute atomic E-state index is 12.7. The molecule has 0 saturated carbocycles. The normalized spacial score (nSPS) is 18.5. The molecule has 0 spiro atoms. The van der Waals surface area contributed by atoms with Crippen molar-refractivity contribution >= 4 is 5.69 Å². The van der Waals surface area contributed by atoms with Gasteiger partial charge in [-0.15, -0.1) is 0 Å². The molecule has 0 saturated heterocycles. The monoisotopic (exact) mass is 276 g/mol. The van der Waals surface area contributed by atoms with Crippen LogP contribution in [0.5, 0.6) is 0 Å². The van der Waals surface area contributed by atoms with Gasteiger partial charge in [0.1, 0.15) is 0 Å².